The number of nitrogens with two attached hydrogens (primary N) is 1. The highest BCUT2D eigenvalue weighted by Crippen LogP contribution is 2.37. The average molecular weight is 216 g/mol. The molecule has 0 radical (unpaired) electrons. The van der Waals surface area contributed by atoms with Gasteiger partial charge in [0.1, 0.15) is 0 Å². The first kappa shape index (κ1) is 11.7. The van der Waals surface area contributed by atoms with E-state index in [1.165, 1.54) is 12.1 Å². The number of aliphatic imine (C=N–C) groups is 1. The lowest BCUT2D eigenvalue weighted by Gasteiger charge is -2.27. The first-order chi connectivity index (χ1) is 6.81. The fourth-order valence-corrected chi connectivity index (χ4v) is 1.15. The van der Waals surface area contributed by atoms with Crippen molar-refractivity contribution >= 4 is 6.72 Å². The van der Waals surface area contributed by atoms with Gasteiger partial charge in [-0.15, -0.1) is 0 Å². The minimum absolute atomic E-state index is 0.115. The van der Waals surface area contributed by atoms with Crippen molar-refractivity contribution in [2.24, 2.45) is 10.7 Å². The Balaban J connectivity index is 3.24. The van der Waals surface area contributed by atoms with Crippen molar-refractivity contribution in [2.75, 3.05) is 0 Å². The summed E-state index contributed by atoms with van der Waals surface area (Å²) in [6.07, 6.45) is -4.65. The largest absolute Gasteiger partial charge is 0.431 e. The highest BCUT2D eigenvalue weighted by atomic mass is 19.4. The van der Waals surface area contributed by atoms with Crippen LogP contribution in [0.1, 0.15) is 11.1 Å². The predicted octanol–water partition coefficient (Wildman–Crippen LogP) is 2.37. The van der Waals surface area contributed by atoms with E-state index in [4.69, 9.17) is 5.73 Å². The van der Waals surface area contributed by atoms with Crippen molar-refractivity contribution in [3.05, 3.63) is 35.4 Å². The quantitative estimate of drug-likeness (QED) is 0.757. The maximum Gasteiger partial charge on any atom is 0.431 e. The molecular formula is C10H11F3N2. The summed E-state index contributed by atoms with van der Waals surface area (Å²) in [5, 5.41) is 0. The summed E-state index contributed by atoms with van der Waals surface area (Å²) in [5.74, 6) is 0. The Labute approximate surface area is 85.6 Å². The molecule has 0 saturated heterocycles. The van der Waals surface area contributed by atoms with Crippen molar-refractivity contribution < 1.29 is 13.2 Å². The van der Waals surface area contributed by atoms with Crippen LogP contribution in [0.4, 0.5) is 13.2 Å². The predicted molar refractivity (Wildman–Crippen MR) is 52.6 cm³/mol. The molecule has 1 aromatic rings. The second-order valence-electron chi connectivity index (χ2n) is 3.29. The summed E-state index contributed by atoms with van der Waals surface area (Å²) < 4.78 is 37.9. The van der Waals surface area contributed by atoms with E-state index in [1.54, 1.807) is 19.1 Å². The molecule has 0 amide bonds. The van der Waals surface area contributed by atoms with Crippen LogP contribution in [0.25, 0.3) is 0 Å². The topological polar surface area (TPSA) is 38.4 Å². The zero-order valence-corrected chi connectivity index (χ0v) is 8.17. The molecule has 15 heavy (non-hydrogen) atoms. The Morgan fingerprint density at radius 1 is 1.20 bits per heavy atom. The Kier molecular flexibility index (Phi) is 2.86. The molecule has 0 aromatic heterocycles. The normalized spacial score (nSPS) is 15.8. The van der Waals surface area contributed by atoms with Gasteiger partial charge in [-0.2, -0.15) is 13.2 Å². The SMILES string of the molecule is C=NC(N)(c1ccc(C)cc1)C(F)(F)F. The van der Waals surface area contributed by atoms with E-state index in [0.29, 0.717) is 0 Å². The number of alkyl halides is 3. The van der Waals surface area contributed by atoms with Crippen LogP contribution in [0.2, 0.25) is 0 Å². The molecule has 0 spiro atoms. The van der Waals surface area contributed by atoms with Crippen LogP contribution in [0, 0.1) is 6.92 Å². The van der Waals surface area contributed by atoms with Gasteiger partial charge in [0, 0.05) is 5.56 Å². The molecule has 0 bridgehead atoms. The van der Waals surface area contributed by atoms with E-state index in [2.05, 4.69) is 11.7 Å². The van der Waals surface area contributed by atoms with Gasteiger partial charge in [-0.3, -0.25) is 10.7 Å². The Hall–Kier alpha value is -1.36. The molecular weight excluding hydrogens is 205 g/mol. The van der Waals surface area contributed by atoms with Crippen molar-refractivity contribution in [2.45, 2.75) is 18.8 Å². The van der Waals surface area contributed by atoms with Gasteiger partial charge in [0.25, 0.3) is 0 Å². The smallest absolute Gasteiger partial charge is 0.296 e. The molecule has 5 heteroatoms. The second-order valence-corrected chi connectivity index (χ2v) is 3.29. The van der Waals surface area contributed by atoms with Crippen LogP contribution in [0.15, 0.2) is 29.3 Å². The third-order valence-corrected chi connectivity index (χ3v) is 2.17. The highest BCUT2D eigenvalue weighted by molar-refractivity contribution is 5.34. The number of hydrogen-bond acceptors (Lipinski definition) is 2. The zero-order valence-electron chi connectivity index (χ0n) is 8.17. The van der Waals surface area contributed by atoms with Crippen molar-refractivity contribution in [3.8, 4) is 0 Å². The summed E-state index contributed by atoms with van der Waals surface area (Å²) in [5.41, 5.74) is 3.21. The van der Waals surface area contributed by atoms with Gasteiger partial charge in [0.15, 0.2) is 0 Å². The van der Waals surface area contributed by atoms with Crippen LogP contribution < -0.4 is 5.73 Å². The molecule has 1 atom stereocenters. The highest BCUT2D eigenvalue weighted by Gasteiger charge is 2.53. The van der Waals surface area contributed by atoms with Crippen LogP contribution in [0.3, 0.4) is 0 Å². The van der Waals surface area contributed by atoms with Gasteiger partial charge in [0.05, 0.1) is 0 Å². The summed E-state index contributed by atoms with van der Waals surface area (Å²) >= 11 is 0. The molecule has 0 aliphatic carbocycles. The zero-order chi connectivity index (χ0) is 11.7. The summed E-state index contributed by atoms with van der Waals surface area (Å²) in [4.78, 5) is 2.99. The van der Waals surface area contributed by atoms with Crippen LogP contribution in [0.5, 0.6) is 0 Å². The minimum Gasteiger partial charge on any atom is -0.296 e. The van der Waals surface area contributed by atoms with E-state index < -0.39 is 11.8 Å². The number of aryl methyl sites for hydroxylation is 1. The molecule has 1 unspecified atom stereocenters. The van der Waals surface area contributed by atoms with Crippen LogP contribution >= 0.6 is 0 Å². The summed E-state index contributed by atoms with van der Waals surface area (Å²) in [7, 11) is 0. The number of rotatable bonds is 2. The van der Waals surface area contributed by atoms with E-state index in [9.17, 15) is 13.2 Å². The maximum atomic E-state index is 12.6. The Bertz CT molecular complexity index is 356. The van der Waals surface area contributed by atoms with Crippen molar-refractivity contribution in [1.29, 1.82) is 0 Å². The molecule has 1 rings (SSSR count). The Morgan fingerprint density at radius 2 is 1.67 bits per heavy atom. The van der Waals surface area contributed by atoms with E-state index >= 15 is 0 Å². The monoisotopic (exact) mass is 216 g/mol. The van der Waals surface area contributed by atoms with Gasteiger partial charge in [-0.1, -0.05) is 29.8 Å². The average Bonchev–Trinajstić information content (AvgIpc) is 2.16. The van der Waals surface area contributed by atoms with Crippen molar-refractivity contribution in [3.63, 3.8) is 0 Å². The van der Waals surface area contributed by atoms with Gasteiger partial charge in [-0.05, 0) is 13.6 Å². The molecule has 0 heterocycles. The third-order valence-electron chi connectivity index (χ3n) is 2.17. The first-order valence-corrected chi connectivity index (χ1v) is 4.22. The van der Waals surface area contributed by atoms with Gasteiger partial charge in [-0.25, -0.2) is 0 Å². The van der Waals surface area contributed by atoms with Gasteiger partial charge in [0.2, 0.25) is 5.66 Å². The van der Waals surface area contributed by atoms with E-state index in [1.807, 2.05) is 0 Å². The molecule has 0 aliphatic heterocycles. The molecule has 0 fully saturated rings. The number of halogens is 3. The molecule has 0 saturated carbocycles. The van der Waals surface area contributed by atoms with Crippen molar-refractivity contribution in [1.82, 2.24) is 0 Å². The van der Waals surface area contributed by atoms with Gasteiger partial charge < -0.3 is 0 Å². The minimum atomic E-state index is -4.65. The summed E-state index contributed by atoms with van der Waals surface area (Å²) in [6, 6.07) is 5.71. The second kappa shape index (κ2) is 3.66. The molecule has 0 aliphatic rings. The molecule has 2 N–H and O–H groups in total. The maximum absolute atomic E-state index is 12.6. The van der Waals surface area contributed by atoms with Crippen LogP contribution in [-0.2, 0) is 5.66 Å². The standard InChI is InChI=1S/C10H11F3N2/c1-7-3-5-8(6-4-7)9(14,15-2)10(11,12)13/h3-6H,2,14H2,1H3. The van der Waals surface area contributed by atoms with Crippen LogP contribution in [-0.4, -0.2) is 12.9 Å². The number of nitrogens with zero attached hydrogens (tertiary/aromatic N) is 1. The number of benzene rings is 1. The fraction of sp³-hybridized carbons (Fsp3) is 0.300. The lowest BCUT2D eigenvalue weighted by atomic mass is 9.99. The summed E-state index contributed by atoms with van der Waals surface area (Å²) in [6.45, 7) is 4.68. The lowest BCUT2D eigenvalue weighted by molar-refractivity contribution is -0.186. The number of hydrogen-bond donors (Lipinski definition) is 1. The van der Waals surface area contributed by atoms with Gasteiger partial charge >= 0.3 is 6.18 Å². The third kappa shape index (κ3) is 2.02. The van der Waals surface area contributed by atoms with E-state index in [0.717, 1.165) is 5.56 Å². The molecule has 1 aromatic carbocycles. The molecule has 82 valence electrons. The first-order valence-electron chi connectivity index (χ1n) is 4.22. The fourth-order valence-electron chi connectivity index (χ4n) is 1.15. The lowest BCUT2D eigenvalue weighted by Crippen LogP contribution is -2.48. The van der Waals surface area contributed by atoms with E-state index in [-0.39, 0.29) is 5.56 Å². The molecule has 2 nitrogen and oxygen atoms in total. The Morgan fingerprint density at radius 3 is 2.00 bits per heavy atom.